The minimum atomic E-state index is -0.208. The first-order chi connectivity index (χ1) is 14.7. The highest BCUT2D eigenvalue weighted by atomic mass is 16.7. The number of rotatable bonds is 5. The van der Waals surface area contributed by atoms with Crippen LogP contribution in [0.15, 0.2) is 40.9 Å². The molecule has 1 atom stereocenters. The van der Waals surface area contributed by atoms with Crippen LogP contribution in [0.4, 0.5) is 5.69 Å². The summed E-state index contributed by atoms with van der Waals surface area (Å²) in [6.07, 6.45) is 0.283. The highest BCUT2D eigenvalue weighted by Gasteiger charge is 2.36. The number of carbonyl (C=O) groups is 1. The number of carbonyl (C=O) groups excluding carboxylic acids is 1. The van der Waals surface area contributed by atoms with E-state index >= 15 is 0 Å². The highest BCUT2D eigenvalue weighted by Crippen LogP contribution is 2.40. The van der Waals surface area contributed by atoms with Crippen molar-refractivity contribution in [2.75, 3.05) is 32.5 Å². The van der Waals surface area contributed by atoms with E-state index in [1.165, 1.54) is 0 Å². The molecule has 9 heteroatoms. The van der Waals surface area contributed by atoms with Crippen molar-refractivity contribution in [2.24, 2.45) is 0 Å². The summed E-state index contributed by atoms with van der Waals surface area (Å²) in [4.78, 5) is 18.9. The van der Waals surface area contributed by atoms with Crippen LogP contribution in [-0.2, 0) is 4.79 Å². The summed E-state index contributed by atoms with van der Waals surface area (Å²) in [7, 11) is 3.12. The SMILES string of the molecule is COc1cccc(-c2noc(C3CC(=O)N(c4ccc5c(c4)OCO5)C3)n2)c1OC. The van der Waals surface area contributed by atoms with Gasteiger partial charge in [0.2, 0.25) is 24.4 Å². The Hall–Kier alpha value is -3.75. The molecule has 0 aliphatic carbocycles. The summed E-state index contributed by atoms with van der Waals surface area (Å²) in [5.41, 5.74) is 1.41. The topological polar surface area (TPSA) is 96.2 Å². The average Bonchev–Trinajstić information content (AvgIpc) is 3.51. The number of hydrogen-bond donors (Lipinski definition) is 0. The van der Waals surface area contributed by atoms with Crippen molar-refractivity contribution in [1.82, 2.24) is 10.1 Å². The molecule has 1 amide bonds. The molecule has 0 radical (unpaired) electrons. The van der Waals surface area contributed by atoms with Gasteiger partial charge in [0.25, 0.3) is 0 Å². The molecule has 5 rings (SSSR count). The normalized spacial score (nSPS) is 17.5. The van der Waals surface area contributed by atoms with Gasteiger partial charge in [0.15, 0.2) is 23.0 Å². The Kier molecular flexibility index (Phi) is 4.42. The van der Waals surface area contributed by atoms with E-state index in [0.29, 0.717) is 46.8 Å². The van der Waals surface area contributed by atoms with Crippen molar-refractivity contribution >= 4 is 11.6 Å². The Bertz CT molecular complexity index is 1110. The molecule has 1 aromatic heterocycles. The number of para-hydroxylation sites is 1. The molecular formula is C21H19N3O6. The first-order valence-corrected chi connectivity index (χ1v) is 9.43. The van der Waals surface area contributed by atoms with Crippen LogP contribution in [0, 0.1) is 0 Å². The van der Waals surface area contributed by atoms with Gasteiger partial charge in [-0.3, -0.25) is 4.79 Å². The number of benzene rings is 2. The standard InChI is InChI=1S/C21H19N3O6/c1-26-16-5-3-4-14(19(16)27-2)20-22-21(30-23-20)12-8-18(25)24(10-12)13-6-7-15-17(9-13)29-11-28-15/h3-7,9,12H,8,10-11H2,1-2H3. The first-order valence-electron chi connectivity index (χ1n) is 9.43. The zero-order valence-corrected chi connectivity index (χ0v) is 16.5. The largest absolute Gasteiger partial charge is 0.493 e. The van der Waals surface area contributed by atoms with Gasteiger partial charge in [0, 0.05) is 24.7 Å². The van der Waals surface area contributed by atoms with Crippen LogP contribution in [-0.4, -0.2) is 43.6 Å². The van der Waals surface area contributed by atoms with Crippen LogP contribution in [0.5, 0.6) is 23.0 Å². The van der Waals surface area contributed by atoms with Crippen molar-refractivity contribution in [2.45, 2.75) is 12.3 Å². The summed E-state index contributed by atoms with van der Waals surface area (Å²) >= 11 is 0. The lowest BCUT2D eigenvalue weighted by molar-refractivity contribution is -0.117. The second-order valence-electron chi connectivity index (χ2n) is 6.94. The fourth-order valence-electron chi connectivity index (χ4n) is 3.75. The molecule has 0 spiro atoms. The third-order valence-electron chi connectivity index (χ3n) is 5.23. The molecule has 3 heterocycles. The Morgan fingerprint density at radius 2 is 1.97 bits per heavy atom. The van der Waals surface area contributed by atoms with Gasteiger partial charge in [-0.25, -0.2) is 0 Å². The number of amides is 1. The predicted molar refractivity (Wildman–Crippen MR) is 105 cm³/mol. The zero-order valence-electron chi connectivity index (χ0n) is 16.5. The Morgan fingerprint density at radius 3 is 2.80 bits per heavy atom. The molecule has 30 heavy (non-hydrogen) atoms. The fourth-order valence-corrected chi connectivity index (χ4v) is 3.75. The minimum absolute atomic E-state index is 0.0161. The lowest BCUT2D eigenvalue weighted by Crippen LogP contribution is -2.24. The van der Waals surface area contributed by atoms with Crippen molar-refractivity contribution < 1.29 is 28.3 Å². The van der Waals surface area contributed by atoms with E-state index in [1.54, 1.807) is 31.3 Å². The van der Waals surface area contributed by atoms with Crippen LogP contribution in [0.1, 0.15) is 18.2 Å². The molecular weight excluding hydrogens is 390 g/mol. The molecule has 0 saturated carbocycles. The summed E-state index contributed by atoms with van der Waals surface area (Å²) < 4.78 is 27.0. The van der Waals surface area contributed by atoms with E-state index in [4.69, 9.17) is 23.5 Å². The van der Waals surface area contributed by atoms with Crippen molar-refractivity contribution in [3.05, 3.63) is 42.3 Å². The van der Waals surface area contributed by atoms with Crippen molar-refractivity contribution in [3.63, 3.8) is 0 Å². The maximum Gasteiger partial charge on any atom is 0.232 e. The molecule has 2 aromatic carbocycles. The van der Waals surface area contributed by atoms with Gasteiger partial charge in [-0.05, 0) is 24.3 Å². The van der Waals surface area contributed by atoms with Gasteiger partial charge in [0.05, 0.1) is 25.7 Å². The lowest BCUT2D eigenvalue weighted by Gasteiger charge is -2.16. The second kappa shape index (κ2) is 7.25. The number of fused-ring (bicyclic) bond motifs is 1. The molecule has 2 aliphatic heterocycles. The molecule has 0 N–H and O–H groups in total. The van der Waals surface area contributed by atoms with Crippen LogP contribution in [0.25, 0.3) is 11.4 Å². The van der Waals surface area contributed by atoms with Gasteiger partial charge in [0.1, 0.15) is 0 Å². The van der Waals surface area contributed by atoms with Crippen LogP contribution in [0.2, 0.25) is 0 Å². The maximum absolute atomic E-state index is 12.6. The summed E-state index contributed by atoms with van der Waals surface area (Å²) in [6.45, 7) is 0.628. The second-order valence-corrected chi connectivity index (χ2v) is 6.94. The van der Waals surface area contributed by atoms with Crippen LogP contribution in [0.3, 0.4) is 0 Å². The molecule has 0 bridgehead atoms. The Morgan fingerprint density at radius 1 is 1.10 bits per heavy atom. The minimum Gasteiger partial charge on any atom is -0.493 e. The monoisotopic (exact) mass is 409 g/mol. The zero-order chi connectivity index (χ0) is 20.7. The van der Waals surface area contributed by atoms with Crippen molar-refractivity contribution in [3.8, 4) is 34.4 Å². The Labute approximate surface area is 172 Å². The van der Waals surface area contributed by atoms with E-state index in [9.17, 15) is 4.79 Å². The van der Waals surface area contributed by atoms with Crippen LogP contribution < -0.4 is 23.8 Å². The first kappa shape index (κ1) is 18.3. The fraction of sp³-hybridized carbons (Fsp3) is 0.286. The van der Waals surface area contributed by atoms with E-state index in [1.807, 2.05) is 24.3 Å². The van der Waals surface area contributed by atoms with E-state index in [2.05, 4.69) is 10.1 Å². The quantitative estimate of drug-likeness (QED) is 0.635. The maximum atomic E-state index is 12.6. The molecule has 3 aromatic rings. The molecule has 9 nitrogen and oxygen atoms in total. The van der Waals surface area contributed by atoms with Gasteiger partial charge in [-0.15, -0.1) is 0 Å². The molecule has 1 fully saturated rings. The third-order valence-corrected chi connectivity index (χ3v) is 5.23. The number of anilines is 1. The van der Waals surface area contributed by atoms with Crippen molar-refractivity contribution in [1.29, 1.82) is 0 Å². The van der Waals surface area contributed by atoms with E-state index in [0.717, 1.165) is 5.69 Å². The third kappa shape index (κ3) is 2.99. The summed E-state index contributed by atoms with van der Waals surface area (Å²) in [5, 5.41) is 4.10. The summed E-state index contributed by atoms with van der Waals surface area (Å²) in [6, 6.07) is 10.9. The number of ether oxygens (including phenoxy) is 4. The van der Waals surface area contributed by atoms with Gasteiger partial charge in [-0.2, -0.15) is 4.98 Å². The number of methoxy groups -OCH3 is 2. The van der Waals surface area contributed by atoms with E-state index < -0.39 is 0 Å². The molecule has 2 aliphatic rings. The molecule has 1 unspecified atom stereocenters. The average molecular weight is 409 g/mol. The van der Waals surface area contributed by atoms with Gasteiger partial charge < -0.3 is 28.4 Å². The van der Waals surface area contributed by atoms with Crippen LogP contribution >= 0.6 is 0 Å². The smallest absolute Gasteiger partial charge is 0.232 e. The number of nitrogens with zero attached hydrogens (tertiary/aromatic N) is 3. The van der Waals surface area contributed by atoms with Gasteiger partial charge in [-0.1, -0.05) is 11.2 Å². The van der Waals surface area contributed by atoms with E-state index in [-0.39, 0.29) is 25.0 Å². The summed E-state index contributed by atoms with van der Waals surface area (Å²) in [5.74, 6) is 2.98. The number of hydrogen-bond acceptors (Lipinski definition) is 8. The predicted octanol–water partition coefficient (Wildman–Crippen LogP) is 3.00. The molecule has 1 saturated heterocycles. The van der Waals surface area contributed by atoms with Gasteiger partial charge >= 0.3 is 0 Å². The molecule has 154 valence electrons. The highest BCUT2D eigenvalue weighted by molar-refractivity contribution is 5.96. The Balaban J connectivity index is 1.39. The lowest BCUT2D eigenvalue weighted by atomic mass is 10.1. The number of aromatic nitrogens is 2.